The predicted molar refractivity (Wildman–Crippen MR) is 43.9 cm³/mol. The van der Waals surface area contributed by atoms with Crippen LogP contribution in [0.4, 0.5) is 0 Å². The van der Waals surface area contributed by atoms with Gasteiger partial charge in [0.2, 0.25) is 0 Å². The van der Waals surface area contributed by atoms with Crippen molar-refractivity contribution in [2.45, 2.75) is 13.8 Å². The Morgan fingerprint density at radius 2 is 1.75 bits per heavy atom. The second-order valence-corrected chi connectivity index (χ2v) is 2.05. The summed E-state index contributed by atoms with van der Waals surface area (Å²) in [6, 6.07) is 0. The van der Waals surface area contributed by atoms with Gasteiger partial charge < -0.3 is 14.2 Å². The minimum absolute atomic E-state index is 0.0148. The first-order valence-electron chi connectivity index (χ1n) is 4.12. The van der Waals surface area contributed by atoms with E-state index in [2.05, 4.69) is 4.74 Å². The standard InChI is InChI=1S/C8H16O4/c1-3-10-5-6-11-7-8(9)12-4-2/h3-7H2,1-2H3. The maximum atomic E-state index is 10.7. The molecule has 0 rings (SSSR count). The van der Waals surface area contributed by atoms with Crippen molar-refractivity contribution in [2.75, 3.05) is 33.0 Å². The first-order valence-corrected chi connectivity index (χ1v) is 4.12. The van der Waals surface area contributed by atoms with Gasteiger partial charge in [0.15, 0.2) is 0 Å². The molecule has 0 radical (unpaired) electrons. The molecular formula is C8H16O4. The fourth-order valence-electron chi connectivity index (χ4n) is 0.620. The number of rotatable bonds is 7. The van der Waals surface area contributed by atoms with Crippen molar-refractivity contribution in [1.82, 2.24) is 0 Å². The lowest BCUT2D eigenvalue weighted by atomic mass is 10.7. The van der Waals surface area contributed by atoms with Gasteiger partial charge in [0.1, 0.15) is 6.61 Å². The van der Waals surface area contributed by atoms with Crippen LogP contribution in [0.5, 0.6) is 0 Å². The van der Waals surface area contributed by atoms with Crippen LogP contribution in [-0.4, -0.2) is 39.0 Å². The molecule has 0 saturated carbocycles. The Bertz CT molecular complexity index is 114. The molecule has 4 heteroatoms. The van der Waals surface area contributed by atoms with E-state index in [1.807, 2.05) is 6.92 Å². The zero-order valence-electron chi connectivity index (χ0n) is 7.67. The highest BCUT2D eigenvalue weighted by molar-refractivity contribution is 5.70. The van der Waals surface area contributed by atoms with Crippen LogP contribution in [0.15, 0.2) is 0 Å². The third-order valence-electron chi connectivity index (χ3n) is 1.10. The van der Waals surface area contributed by atoms with Gasteiger partial charge in [-0.05, 0) is 13.8 Å². The third kappa shape index (κ3) is 7.50. The van der Waals surface area contributed by atoms with Crippen molar-refractivity contribution in [3.05, 3.63) is 0 Å². The molecule has 72 valence electrons. The number of carbonyl (C=O) groups excluding carboxylic acids is 1. The van der Waals surface area contributed by atoms with Crippen molar-refractivity contribution in [2.24, 2.45) is 0 Å². The van der Waals surface area contributed by atoms with E-state index in [0.29, 0.717) is 26.4 Å². The second-order valence-electron chi connectivity index (χ2n) is 2.05. The molecule has 0 atom stereocenters. The molecule has 0 aromatic carbocycles. The van der Waals surface area contributed by atoms with E-state index < -0.39 is 0 Å². The topological polar surface area (TPSA) is 44.8 Å². The average Bonchev–Trinajstić information content (AvgIpc) is 2.05. The van der Waals surface area contributed by atoms with E-state index in [1.165, 1.54) is 0 Å². The summed E-state index contributed by atoms with van der Waals surface area (Å²) in [4.78, 5) is 10.7. The average molecular weight is 176 g/mol. The Morgan fingerprint density at radius 3 is 2.33 bits per heavy atom. The van der Waals surface area contributed by atoms with Gasteiger partial charge in [0, 0.05) is 6.61 Å². The number of esters is 1. The fourth-order valence-corrected chi connectivity index (χ4v) is 0.620. The number of ether oxygens (including phenoxy) is 3. The summed E-state index contributed by atoms with van der Waals surface area (Å²) in [5.41, 5.74) is 0. The molecule has 0 bridgehead atoms. The van der Waals surface area contributed by atoms with Gasteiger partial charge in [-0.1, -0.05) is 0 Å². The molecule has 0 aromatic rings. The smallest absolute Gasteiger partial charge is 0.332 e. The van der Waals surface area contributed by atoms with Crippen LogP contribution in [0.25, 0.3) is 0 Å². The second kappa shape index (κ2) is 8.49. The van der Waals surface area contributed by atoms with Gasteiger partial charge in [-0.3, -0.25) is 0 Å². The van der Waals surface area contributed by atoms with E-state index in [1.54, 1.807) is 6.92 Å². The highest BCUT2D eigenvalue weighted by Crippen LogP contribution is 1.82. The summed E-state index contributed by atoms with van der Waals surface area (Å²) in [5, 5.41) is 0. The summed E-state index contributed by atoms with van der Waals surface area (Å²) in [6.07, 6.45) is 0. The molecule has 0 heterocycles. The lowest BCUT2D eigenvalue weighted by molar-refractivity contribution is -0.148. The molecule has 0 aliphatic rings. The van der Waals surface area contributed by atoms with Crippen molar-refractivity contribution in [3.63, 3.8) is 0 Å². The SMILES string of the molecule is CCOCCOCC(=O)OCC. The number of carbonyl (C=O) groups is 1. The molecule has 0 N–H and O–H groups in total. The quantitative estimate of drug-likeness (QED) is 0.421. The Kier molecular flexibility index (Phi) is 8.05. The van der Waals surface area contributed by atoms with Gasteiger partial charge in [0.25, 0.3) is 0 Å². The summed E-state index contributed by atoms with van der Waals surface area (Å²) in [7, 11) is 0. The van der Waals surface area contributed by atoms with Gasteiger partial charge >= 0.3 is 5.97 Å². The minimum atomic E-state index is -0.325. The molecule has 0 aliphatic carbocycles. The van der Waals surface area contributed by atoms with Gasteiger partial charge in [-0.15, -0.1) is 0 Å². The van der Waals surface area contributed by atoms with Crippen molar-refractivity contribution >= 4 is 5.97 Å². The molecular weight excluding hydrogens is 160 g/mol. The Hall–Kier alpha value is -0.610. The van der Waals surface area contributed by atoms with Gasteiger partial charge in [-0.25, -0.2) is 4.79 Å². The summed E-state index contributed by atoms with van der Waals surface area (Å²) < 4.78 is 14.6. The lowest BCUT2D eigenvalue weighted by Gasteiger charge is -2.03. The molecule has 4 nitrogen and oxygen atoms in total. The zero-order chi connectivity index (χ0) is 9.23. The predicted octanol–water partition coefficient (Wildman–Crippen LogP) is 0.603. The Balaban J connectivity index is 3.03. The van der Waals surface area contributed by atoms with E-state index in [0.717, 1.165) is 0 Å². The van der Waals surface area contributed by atoms with E-state index >= 15 is 0 Å². The lowest BCUT2D eigenvalue weighted by Crippen LogP contribution is -2.14. The van der Waals surface area contributed by atoms with Crippen LogP contribution < -0.4 is 0 Å². The van der Waals surface area contributed by atoms with Crippen LogP contribution in [0.1, 0.15) is 13.8 Å². The van der Waals surface area contributed by atoms with Crippen LogP contribution in [-0.2, 0) is 19.0 Å². The Labute approximate surface area is 72.8 Å². The normalized spacial score (nSPS) is 9.83. The molecule has 0 aromatic heterocycles. The highest BCUT2D eigenvalue weighted by atomic mass is 16.6. The molecule has 0 saturated heterocycles. The van der Waals surface area contributed by atoms with Crippen molar-refractivity contribution in [1.29, 1.82) is 0 Å². The van der Waals surface area contributed by atoms with Crippen LogP contribution in [0, 0.1) is 0 Å². The highest BCUT2D eigenvalue weighted by Gasteiger charge is 1.99. The molecule has 0 spiro atoms. The molecule has 0 unspecified atom stereocenters. The van der Waals surface area contributed by atoms with Crippen LogP contribution >= 0.6 is 0 Å². The summed E-state index contributed by atoms with van der Waals surface area (Å²) >= 11 is 0. The molecule has 12 heavy (non-hydrogen) atoms. The molecule has 0 fully saturated rings. The fraction of sp³-hybridized carbons (Fsp3) is 0.875. The minimum Gasteiger partial charge on any atom is -0.464 e. The van der Waals surface area contributed by atoms with Gasteiger partial charge in [-0.2, -0.15) is 0 Å². The van der Waals surface area contributed by atoms with Crippen LogP contribution in [0.3, 0.4) is 0 Å². The first-order chi connectivity index (χ1) is 5.81. The monoisotopic (exact) mass is 176 g/mol. The van der Waals surface area contributed by atoms with Gasteiger partial charge in [0.05, 0.1) is 19.8 Å². The third-order valence-corrected chi connectivity index (χ3v) is 1.10. The van der Waals surface area contributed by atoms with E-state index in [4.69, 9.17) is 9.47 Å². The summed E-state index contributed by atoms with van der Waals surface area (Å²) in [5.74, 6) is -0.325. The van der Waals surface area contributed by atoms with E-state index in [9.17, 15) is 4.79 Å². The summed E-state index contributed by atoms with van der Waals surface area (Å²) in [6.45, 7) is 5.71. The van der Waals surface area contributed by atoms with Crippen LogP contribution in [0.2, 0.25) is 0 Å². The maximum absolute atomic E-state index is 10.7. The van der Waals surface area contributed by atoms with E-state index in [-0.39, 0.29) is 12.6 Å². The zero-order valence-corrected chi connectivity index (χ0v) is 7.67. The first kappa shape index (κ1) is 11.4. The van der Waals surface area contributed by atoms with Crippen molar-refractivity contribution < 1.29 is 19.0 Å². The van der Waals surface area contributed by atoms with Crippen molar-refractivity contribution in [3.8, 4) is 0 Å². The molecule has 0 aliphatic heterocycles. The maximum Gasteiger partial charge on any atom is 0.332 e. The largest absolute Gasteiger partial charge is 0.464 e. The number of hydrogen-bond acceptors (Lipinski definition) is 4. The number of hydrogen-bond donors (Lipinski definition) is 0. The Morgan fingerprint density at radius 1 is 1.08 bits per heavy atom. The molecule has 0 amide bonds.